The summed E-state index contributed by atoms with van der Waals surface area (Å²) in [5.74, 6) is 2.55. The molecule has 1 saturated heterocycles. The minimum atomic E-state index is 0.234. The zero-order valence-electron chi connectivity index (χ0n) is 20.2. The first-order valence-electron chi connectivity index (χ1n) is 12.3. The smallest absolute Gasteiger partial charge is 0.150 e. The van der Waals surface area contributed by atoms with Gasteiger partial charge in [0, 0.05) is 24.0 Å². The molecule has 4 aromatic rings. The molecule has 5 heteroatoms. The van der Waals surface area contributed by atoms with Crippen molar-refractivity contribution in [2.75, 3.05) is 38.6 Å². The second-order valence-corrected chi connectivity index (χ2v) is 9.01. The third-order valence-corrected chi connectivity index (χ3v) is 6.63. The van der Waals surface area contributed by atoms with Crippen molar-refractivity contribution in [3.8, 4) is 34.1 Å². The molecule has 1 aliphatic rings. The number of likely N-dealkylation sites (tertiary alicyclic amines) is 1. The van der Waals surface area contributed by atoms with Gasteiger partial charge in [-0.05, 0) is 85.4 Å². The molecular formula is C30H32N2O3. The first-order valence-corrected chi connectivity index (χ1v) is 12.3. The summed E-state index contributed by atoms with van der Waals surface area (Å²) >= 11 is 0. The second-order valence-electron chi connectivity index (χ2n) is 9.01. The molecule has 0 radical (unpaired) electrons. The molecule has 1 heterocycles. The van der Waals surface area contributed by atoms with Crippen LogP contribution in [-0.2, 0) is 0 Å². The summed E-state index contributed by atoms with van der Waals surface area (Å²) in [6, 6.07) is 25.5. The van der Waals surface area contributed by atoms with Gasteiger partial charge in [0.15, 0.2) is 5.75 Å². The summed E-state index contributed by atoms with van der Waals surface area (Å²) in [4.78, 5) is 2.53. The Morgan fingerprint density at radius 1 is 0.886 bits per heavy atom. The Balaban J connectivity index is 1.48. The molecule has 0 atom stereocenters. The zero-order valence-corrected chi connectivity index (χ0v) is 20.2. The van der Waals surface area contributed by atoms with Crippen LogP contribution >= 0.6 is 0 Å². The molecule has 35 heavy (non-hydrogen) atoms. The predicted molar refractivity (Wildman–Crippen MR) is 143 cm³/mol. The Morgan fingerprint density at radius 2 is 1.74 bits per heavy atom. The maximum atomic E-state index is 10.0. The van der Waals surface area contributed by atoms with Gasteiger partial charge in [-0.15, -0.1) is 0 Å². The fraction of sp³-hybridized carbons (Fsp3) is 0.267. The van der Waals surface area contributed by atoms with Crippen molar-refractivity contribution >= 4 is 16.5 Å². The van der Waals surface area contributed by atoms with E-state index in [-0.39, 0.29) is 5.75 Å². The third-order valence-electron chi connectivity index (χ3n) is 6.63. The van der Waals surface area contributed by atoms with Crippen LogP contribution in [0.3, 0.4) is 0 Å². The van der Waals surface area contributed by atoms with E-state index >= 15 is 0 Å². The number of para-hydroxylation sites is 2. The van der Waals surface area contributed by atoms with Gasteiger partial charge in [0.2, 0.25) is 0 Å². The Bertz CT molecular complexity index is 1300. The van der Waals surface area contributed by atoms with Crippen LogP contribution in [0, 0.1) is 0 Å². The fourth-order valence-electron chi connectivity index (χ4n) is 4.76. The number of phenols is 1. The maximum Gasteiger partial charge on any atom is 0.150 e. The largest absolute Gasteiger partial charge is 0.508 e. The van der Waals surface area contributed by atoms with Gasteiger partial charge in [0.05, 0.1) is 12.8 Å². The summed E-state index contributed by atoms with van der Waals surface area (Å²) in [5, 5.41) is 15.5. The van der Waals surface area contributed by atoms with Crippen molar-refractivity contribution in [3.63, 3.8) is 0 Å². The SMILES string of the molecule is COc1cccc(-c2ccc3cc(O)ccc3c2Oc2ccccc2NCCN2CCCCC2)c1. The highest BCUT2D eigenvalue weighted by Crippen LogP contribution is 2.42. The molecule has 0 amide bonds. The molecule has 1 fully saturated rings. The van der Waals surface area contributed by atoms with Crippen LogP contribution in [0.5, 0.6) is 23.0 Å². The van der Waals surface area contributed by atoms with Crippen LogP contribution in [-0.4, -0.2) is 43.3 Å². The summed E-state index contributed by atoms with van der Waals surface area (Å²) in [7, 11) is 1.67. The Morgan fingerprint density at radius 3 is 2.60 bits per heavy atom. The normalized spacial score (nSPS) is 14.1. The number of nitrogens with zero attached hydrogens (tertiary/aromatic N) is 1. The number of benzene rings is 4. The van der Waals surface area contributed by atoms with E-state index in [9.17, 15) is 5.11 Å². The molecule has 5 rings (SSSR count). The maximum absolute atomic E-state index is 10.0. The highest BCUT2D eigenvalue weighted by Gasteiger charge is 2.16. The molecule has 5 nitrogen and oxygen atoms in total. The van der Waals surface area contributed by atoms with Gasteiger partial charge < -0.3 is 24.8 Å². The topological polar surface area (TPSA) is 54.0 Å². The number of rotatable bonds is 8. The second kappa shape index (κ2) is 10.7. The number of anilines is 1. The number of methoxy groups -OCH3 is 1. The van der Waals surface area contributed by atoms with Crippen LogP contribution in [0.4, 0.5) is 5.69 Å². The lowest BCUT2D eigenvalue weighted by atomic mass is 9.99. The highest BCUT2D eigenvalue weighted by molar-refractivity contribution is 5.96. The molecule has 0 aliphatic carbocycles. The monoisotopic (exact) mass is 468 g/mol. The van der Waals surface area contributed by atoms with Crippen LogP contribution in [0.25, 0.3) is 21.9 Å². The Kier molecular flexibility index (Phi) is 7.05. The number of hydrogen-bond donors (Lipinski definition) is 2. The number of nitrogens with one attached hydrogen (secondary N) is 1. The van der Waals surface area contributed by atoms with E-state index in [1.54, 1.807) is 19.2 Å². The molecule has 1 aliphatic heterocycles. The lowest BCUT2D eigenvalue weighted by molar-refractivity contribution is 0.237. The molecule has 0 bridgehead atoms. The van der Waals surface area contributed by atoms with Gasteiger partial charge in [-0.25, -0.2) is 0 Å². The Hall–Kier alpha value is -3.70. The van der Waals surface area contributed by atoms with Gasteiger partial charge in [-0.3, -0.25) is 0 Å². The van der Waals surface area contributed by atoms with Crippen molar-refractivity contribution in [1.29, 1.82) is 0 Å². The Labute approximate surface area is 206 Å². The summed E-state index contributed by atoms with van der Waals surface area (Å²) in [6.45, 7) is 4.27. The molecule has 0 unspecified atom stereocenters. The average molecular weight is 469 g/mol. The molecule has 2 N–H and O–H groups in total. The van der Waals surface area contributed by atoms with Crippen molar-refractivity contribution in [2.45, 2.75) is 19.3 Å². The minimum absolute atomic E-state index is 0.234. The standard InChI is InChI=1S/C30H32N2O3/c1-34-25-9-7-8-22(21-25)26-14-12-23-20-24(33)13-15-27(23)30(26)35-29-11-4-3-10-28(29)31-16-19-32-17-5-2-6-18-32/h3-4,7-15,20-21,31,33H,2,5-6,16-19H2,1H3. The van der Waals surface area contributed by atoms with E-state index in [0.29, 0.717) is 0 Å². The molecular weight excluding hydrogens is 436 g/mol. The highest BCUT2D eigenvalue weighted by atomic mass is 16.5. The summed E-state index contributed by atoms with van der Waals surface area (Å²) in [5.41, 5.74) is 2.94. The zero-order chi connectivity index (χ0) is 24.0. The predicted octanol–water partition coefficient (Wildman–Crippen LogP) is 6.91. The molecule has 180 valence electrons. The average Bonchev–Trinajstić information content (AvgIpc) is 2.90. The first-order chi connectivity index (χ1) is 17.2. The quantitative estimate of drug-likeness (QED) is 0.294. The van der Waals surface area contributed by atoms with Crippen LogP contribution in [0.15, 0.2) is 78.9 Å². The van der Waals surface area contributed by atoms with Gasteiger partial charge in [-0.1, -0.05) is 36.8 Å². The van der Waals surface area contributed by atoms with E-state index in [4.69, 9.17) is 9.47 Å². The number of piperidine rings is 1. The first kappa shape index (κ1) is 23.1. The lowest BCUT2D eigenvalue weighted by Crippen LogP contribution is -2.33. The number of ether oxygens (including phenoxy) is 2. The fourth-order valence-corrected chi connectivity index (χ4v) is 4.76. The third kappa shape index (κ3) is 5.36. The van der Waals surface area contributed by atoms with Crippen LogP contribution < -0.4 is 14.8 Å². The van der Waals surface area contributed by atoms with Gasteiger partial charge in [0.1, 0.15) is 17.2 Å². The number of hydrogen-bond acceptors (Lipinski definition) is 5. The number of fused-ring (bicyclic) bond motifs is 1. The van der Waals surface area contributed by atoms with E-state index in [2.05, 4.69) is 22.3 Å². The lowest BCUT2D eigenvalue weighted by Gasteiger charge is -2.26. The van der Waals surface area contributed by atoms with Crippen LogP contribution in [0.2, 0.25) is 0 Å². The van der Waals surface area contributed by atoms with Crippen LogP contribution in [0.1, 0.15) is 19.3 Å². The molecule has 0 spiro atoms. The molecule has 4 aromatic carbocycles. The minimum Gasteiger partial charge on any atom is -0.508 e. The van der Waals surface area contributed by atoms with Gasteiger partial charge in [0.25, 0.3) is 0 Å². The van der Waals surface area contributed by atoms with Gasteiger partial charge in [-0.2, -0.15) is 0 Å². The van der Waals surface area contributed by atoms with E-state index in [1.807, 2.05) is 54.6 Å². The van der Waals surface area contributed by atoms with E-state index in [0.717, 1.165) is 57.9 Å². The van der Waals surface area contributed by atoms with E-state index in [1.165, 1.54) is 32.4 Å². The van der Waals surface area contributed by atoms with Gasteiger partial charge >= 0.3 is 0 Å². The van der Waals surface area contributed by atoms with Crippen molar-refractivity contribution in [2.24, 2.45) is 0 Å². The van der Waals surface area contributed by atoms with Crippen molar-refractivity contribution in [3.05, 3.63) is 78.9 Å². The van der Waals surface area contributed by atoms with Crippen molar-refractivity contribution in [1.82, 2.24) is 4.90 Å². The molecule has 0 saturated carbocycles. The molecule has 0 aromatic heterocycles. The number of aromatic hydroxyl groups is 1. The van der Waals surface area contributed by atoms with Crippen molar-refractivity contribution < 1.29 is 14.6 Å². The summed E-state index contributed by atoms with van der Waals surface area (Å²) < 4.78 is 12.1. The summed E-state index contributed by atoms with van der Waals surface area (Å²) in [6.07, 6.45) is 3.94. The number of phenolic OH excluding ortho intramolecular Hbond substituents is 1. The van der Waals surface area contributed by atoms with E-state index < -0.39 is 0 Å².